The minimum atomic E-state index is 0.249. The SMILES string of the molecule is Clc1nc(SC2CCOCC2)c2[nH]cnc2n1. The van der Waals surface area contributed by atoms with Crippen LogP contribution in [0.2, 0.25) is 5.28 Å². The maximum Gasteiger partial charge on any atom is 0.225 e. The minimum absolute atomic E-state index is 0.249. The molecular weight excluding hydrogens is 260 g/mol. The topological polar surface area (TPSA) is 63.7 Å². The molecule has 0 bridgehead atoms. The van der Waals surface area contributed by atoms with Gasteiger partial charge in [0.05, 0.1) is 6.33 Å². The molecule has 1 aliphatic rings. The summed E-state index contributed by atoms with van der Waals surface area (Å²) in [5.74, 6) is 0. The van der Waals surface area contributed by atoms with Crippen molar-refractivity contribution in [3.05, 3.63) is 11.6 Å². The van der Waals surface area contributed by atoms with Crippen LogP contribution < -0.4 is 0 Å². The number of aromatic nitrogens is 4. The number of halogens is 1. The number of ether oxygens (including phenoxy) is 1. The van der Waals surface area contributed by atoms with Crippen molar-refractivity contribution in [2.24, 2.45) is 0 Å². The summed E-state index contributed by atoms with van der Waals surface area (Å²) in [6, 6.07) is 0. The van der Waals surface area contributed by atoms with E-state index in [9.17, 15) is 0 Å². The number of thioether (sulfide) groups is 1. The molecule has 2 aromatic heterocycles. The molecule has 0 amide bonds. The van der Waals surface area contributed by atoms with Crippen molar-refractivity contribution in [3.8, 4) is 0 Å². The monoisotopic (exact) mass is 270 g/mol. The van der Waals surface area contributed by atoms with Crippen LogP contribution >= 0.6 is 23.4 Å². The average Bonchev–Trinajstić information content (AvgIpc) is 2.78. The van der Waals surface area contributed by atoms with Gasteiger partial charge in [0, 0.05) is 18.5 Å². The van der Waals surface area contributed by atoms with Gasteiger partial charge in [-0.25, -0.2) is 9.97 Å². The summed E-state index contributed by atoms with van der Waals surface area (Å²) in [7, 11) is 0. The summed E-state index contributed by atoms with van der Waals surface area (Å²) in [6.45, 7) is 1.64. The number of nitrogens with one attached hydrogen (secondary N) is 1. The van der Waals surface area contributed by atoms with Gasteiger partial charge in [-0.15, -0.1) is 11.8 Å². The molecule has 2 aromatic rings. The molecule has 0 unspecified atom stereocenters. The second kappa shape index (κ2) is 4.80. The van der Waals surface area contributed by atoms with Gasteiger partial charge >= 0.3 is 0 Å². The highest BCUT2D eigenvalue weighted by atomic mass is 35.5. The van der Waals surface area contributed by atoms with Crippen molar-refractivity contribution >= 4 is 34.5 Å². The maximum absolute atomic E-state index is 5.88. The van der Waals surface area contributed by atoms with Crippen molar-refractivity contribution < 1.29 is 4.74 Å². The van der Waals surface area contributed by atoms with E-state index < -0.39 is 0 Å². The lowest BCUT2D eigenvalue weighted by molar-refractivity contribution is 0.1000. The molecule has 3 rings (SSSR count). The maximum atomic E-state index is 5.88. The van der Waals surface area contributed by atoms with Gasteiger partial charge in [0.15, 0.2) is 5.65 Å². The molecule has 0 spiro atoms. The zero-order valence-corrected chi connectivity index (χ0v) is 10.6. The molecule has 0 radical (unpaired) electrons. The van der Waals surface area contributed by atoms with Gasteiger partial charge < -0.3 is 9.72 Å². The molecule has 1 fully saturated rings. The van der Waals surface area contributed by atoms with Crippen LogP contribution in [-0.4, -0.2) is 38.4 Å². The lowest BCUT2D eigenvalue weighted by atomic mass is 10.2. The Bertz CT molecular complexity index is 526. The zero-order valence-electron chi connectivity index (χ0n) is 9.02. The summed E-state index contributed by atoms with van der Waals surface area (Å²) in [4.78, 5) is 15.5. The van der Waals surface area contributed by atoms with E-state index in [2.05, 4.69) is 19.9 Å². The van der Waals surface area contributed by atoms with Crippen molar-refractivity contribution in [1.82, 2.24) is 19.9 Å². The van der Waals surface area contributed by atoms with Gasteiger partial charge in [-0.1, -0.05) is 0 Å². The van der Waals surface area contributed by atoms with Crippen LogP contribution in [0.4, 0.5) is 0 Å². The van der Waals surface area contributed by atoms with Gasteiger partial charge in [-0.05, 0) is 24.4 Å². The molecule has 17 heavy (non-hydrogen) atoms. The molecule has 0 aliphatic carbocycles. The van der Waals surface area contributed by atoms with Gasteiger partial charge in [-0.3, -0.25) is 0 Å². The Morgan fingerprint density at radius 3 is 3.00 bits per heavy atom. The van der Waals surface area contributed by atoms with E-state index in [1.165, 1.54) is 0 Å². The van der Waals surface area contributed by atoms with Gasteiger partial charge in [-0.2, -0.15) is 4.98 Å². The first-order valence-corrected chi connectivity index (χ1v) is 6.70. The number of aromatic amines is 1. The molecule has 0 atom stereocenters. The highest BCUT2D eigenvalue weighted by Crippen LogP contribution is 2.32. The molecule has 1 saturated heterocycles. The fourth-order valence-electron chi connectivity index (χ4n) is 1.82. The Labute approximate surface area is 107 Å². The van der Waals surface area contributed by atoms with Gasteiger partial charge in [0.1, 0.15) is 10.5 Å². The predicted octanol–water partition coefficient (Wildman–Crippen LogP) is 2.28. The average molecular weight is 271 g/mol. The largest absolute Gasteiger partial charge is 0.381 e. The highest BCUT2D eigenvalue weighted by Gasteiger charge is 2.18. The highest BCUT2D eigenvalue weighted by molar-refractivity contribution is 8.00. The lowest BCUT2D eigenvalue weighted by Crippen LogP contribution is -2.17. The molecule has 90 valence electrons. The summed E-state index contributed by atoms with van der Waals surface area (Å²) in [6.07, 6.45) is 3.70. The third-order valence-electron chi connectivity index (χ3n) is 2.67. The molecule has 0 aromatic carbocycles. The van der Waals surface area contributed by atoms with Crippen LogP contribution in [0.5, 0.6) is 0 Å². The van der Waals surface area contributed by atoms with E-state index in [-0.39, 0.29) is 5.28 Å². The number of hydrogen-bond donors (Lipinski definition) is 1. The van der Waals surface area contributed by atoms with Crippen molar-refractivity contribution in [3.63, 3.8) is 0 Å². The molecule has 5 nitrogen and oxygen atoms in total. The smallest absolute Gasteiger partial charge is 0.225 e. The summed E-state index contributed by atoms with van der Waals surface area (Å²) >= 11 is 7.61. The lowest BCUT2D eigenvalue weighted by Gasteiger charge is -2.20. The number of rotatable bonds is 2. The van der Waals surface area contributed by atoms with Crippen molar-refractivity contribution in [2.75, 3.05) is 13.2 Å². The minimum Gasteiger partial charge on any atom is -0.381 e. The van der Waals surface area contributed by atoms with Gasteiger partial charge in [0.2, 0.25) is 5.28 Å². The molecule has 7 heteroatoms. The van der Waals surface area contributed by atoms with Crippen molar-refractivity contribution in [2.45, 2.75) is 23.1 Å². The Morgan fingerprint density at radius 1 is 1.35 bits per heavy atom. The zero-order chi connectivity index (χ0) is 11.7. The number of hydrogen-bond acceptors (Lipinski definition) is 5. The van der Waals surface area contributed by atoms with Crippen LogP contribution in [-0.2, 0) is 4.74 Å². The van der Waals surface area contributed by atoms with Crippen LogP contribution in [0.1, 0.15) is 12.8 Å². The Balaban J connectivity index is 1.90. The summed E-state index contributed by atoms with van der Waals surface area (Å²) in [5.41, 5.74) is 1.49. The first-order valence-electron chi connectivity index (χ1n) is 5.44. The third-order valence-corrected chi connectivity index (χ3v) is 4.16. The number of imidazole rings is 1. The second-order valence-electron chi connectivity index (χ2n) is 3.83. The van der Waals surface area contributed by atoms with E-state index in [4.69, 9.17) is 16.3 Å². The number of nitrogens with zero attached hydrogens (tertiary/aromatic N) is 3. The van der Waals surface area contributed by atoms with E-state index in [0.29, 0.717) is 10.9 Å². The third kappa shape index (κ3) is 2.38. The Morgan fingerprint density at radius 2 is 2.18 bits per heavy atom. The Kier molecular flexibility index (Phi) is 3.17. The predicted molar refractivity (Wildman–Crippen MR) is 66.4 cm³/mol. The molecule has 0 saturated carbocycles. The molecule has 3 heterocycles. The number of fused-ring (bicyclic) bond motifs is 1. The van der Waals surface area contributed by atoms with E-state index in [1.54, 1.807) is 18.1 Å². The summed E-state index contributed by atoms with van der Waals surface area (Å²) < 4.78 is 5.34. The molecule has 1 aliphatic heterocycles. The van der Waals surface area contributed by atoms with Crippen molar-refractivity contribution in [1.29, 1.82) is 0 Å². The van der Waals surface area contributed by atoms with Crippen LogP contribution in [0.25, 0.3) is 11.2 Å². The van der Waals surface area contributed by atoms with Crippen LogP contribution in [0.3, 0.4) is 0 Å². The molecular formula is C10H11ClN4OS. The van der Waals surface area contributed by atoms with E-state index in [0.717, 1.165) is 36.6 Å². The summed E-state index contributed by atoms with van der Waals surface area (Å²) in [5, 5.41) is 1.66. The van der Waals surface area contributed by atoms with Crippen LogP contribution in [0, 0.1) is 0 Å². The normalized spacial score (nSPS) is 17.7. The van der Waals surface area contributed by atoms with Gasteiger partial charge in [0.25, 0.3) is 0 Å². The standard InChI is InChI=1S/C10H11ClN4OS/c11-10-14-8-7(12-5-13-8)9(15-10)17-6-1-3-16-4-2-6/h5-6H,1-4H2,(H,12,13,14,15). The van der Waals surface area contributed by atoms with E-state index >= 15 is 0 Å². The van der Waals surface area contributed by atoms with E-state index in [1.807, 2.05) is 0 Å². The second-order valence-corrected chi connectivity index (χ2v) is 5.46. The number of H-pyrrole nitrogens is 1. The fourth-order valence-corrected chi connectivity index (χ4v) is 3.18. The quantitative estimate of drug-likeness (QED) is 0.670. The first kappa shape index (κ1) is 11.3. The fraction of sp³-hybridized carbons (Fsp3) is 0.500. The Hall–Kier alpha value is -0.850. The van der Waals surface area contributed by atoms with Crippen LogP contribution in [0.15, 0.2) is 11.4 Å². The first-order chi connectivity index (χ1) is 8.33. The molecule has 1 N–H and O–H groups in total.